The van der Waals surface area contributed by atoms with Gasteiger partial charge in [-0.05, 0) is 57.9 Å². The van der Waals surface area contributed by atoms with Crippen LogP contribution in [0.25, 0.3) is 11.3 Å². The molecule has 0 atom stereocenters. The van der Waals surface area contributed by atoms with Crippen molar-refractivity contribution >= 4 is 17.8 Å². The number of carbonyl (C=O) groups excluding carboxylic acids is 2. The Kier molecular flexibility index (Phi) is 7.34. The summed E-state index contributed by atoms with van der Waals surface area (Å²) in [5, 5.41) is 3.55. The molecule has 0 bridgehead atoms. The molecule has 2 aliphatic rings. The molecule has 2 fully saturated rings. The van der Waals surface area contributed by atoms with Crippen LogP contribution in [0.5, 0.6) is 0 Å². The number of rotatable bonds is 4. The second-order valence-electron chi connectivity index (χ2n) is 10.1. The summed E-state index contributed by atoms with van der Waals surface area (Å²) in [7, 11) is 0. The number of aromatic nitrogens is 2. The molecule has 4 rings (SSSR count). The van der Waals surface area contributed by atoms with Crippen molar-refractivity contribution in [3.8, 4) is 11.3 Å². The molecule has 8 heteroatoms. The van der Waals surface area contributed by atoms with E-state index in [4.69, 9.17) is 4.74 Å². The summed E-state index contributed by atoms with van der Waals surface area (Å²) in [6.45, 7) is 7.34. The van der Waals surface area contributed by atoms with Crippen molar-refractivity contribution in [3.05, 3.63) is 42.2 Å². The molecule has 182 valence electrons. The van der Waals surface area contributed by atoms with Crippen LogP contribution in [-0.4, -0.2) is 69.6 Å². The number of amides is 2. The lowest BCUT2D eigenvalue weighted by atomic mass is 9.95. The molecular weight excluding hydrogens is 430 g/mol. The van der Waals surface area contributed by atoms with Gasteiger partial charge in [0.15, 0.2) is 0 Å². The van der Waals surface area contributed by atoms with Crippen LogP contribution in [0.4, 0.5) is 10.6 Å². The lowest BCUT2D eigenvalue weighted by molar-refractivity contribution is 0.0140. The molecule has 1 aliphatic carbocycles. The third-order valence-corrected chi connectivity index (χ3v) is 6.20. The average Bonchev–Trinajstić information content (AvgIpc) is 2.83. The van der Waals surface area contributed by atoms with Crippen LogP contribution in [0.3, 0.4) is 0 Å². The van der Waals surface area contributed by atoms with Crippen LogP contribution in [0, 0.1) is 0 Å². The lowest BCUT2D eigenvalue weighted by Crippen LogP contribution is -2.51. The zero-order valence-corrected chi connectivity index (χ0v) is 20.4. The molecule has 0 spiro atoms. The number of piperazine rings is 1. The molecular formula is C26H35N5O3. The molecule has 0 aromatic carbocycles. The Morgan fingerprint density at radius 1 is 1.00 bits per heavy atom. The number of carbonyl (C=O) groups is 2. The molecule has 1 saturated heterocycles. The fourth-order valence-electron chi connectivity index (χ4n) is 4.42. The van der Waals surface area contributed by atoms with Gasteiger partial charge in [-0.3, -0.25) is 4.79 Å². The standard InChI is InChI=1S/C26H35N5O3/c1-26(2,3)34-25(33)31-16-14-30(15-17-31)24(32)22-11-7-10-21(29-22)19-12-13-27-23(18-19)28-20-8-5-4-6-9-20/h7,10-13,18,20H,4-6,8-9,14-17H2,1-3H3,(H,27,28). The van der Waals surface area contributed by atoms with Crippen molar-refractivity contribution in [2.24, 2.45) is 0 Å². The average molecular weight is 466 g/mol. The summed E-state index contributed by atoms with van der Waals surface area (Å²) in [5.74, 6) is 0.724. The van der Waals surface area contributed by atoms with E-state index in [1.807, 2.05) is 45.0 Å². The van der Waals surface area contributed by atoms with Crippen LogP contribution in [0.15, 0.2) is 36.5 Å². The number of nitrogens with zero attached hydrogens (tertiary/aromatic N) is 4. The topological polar surface area (TPSA) is 87.7 Å². The van der Waals surface area contributed by atoms with Gasteiger partial charge in [0.05, 0.1) is 5.69 Å². The van der Waals surface area contributed by atoms with E-state index in [9.17, 15) is 9.59 Å². The minimum Gasteiger partial charge on any atom is -0.444 e. The Hall–Kier alpha value is -3.16. The second-order valence-corrected chi connectivity index (χ2v) is 10.1. The number of hydrogen-bond donors (Lipinski definition) is 1. The highest BCUT2D eigenvalue weighted by Crippen LogP contribution is 2.24. The van der Waals surface area contributed by atoms with E-state index in [0.717, 1.165) is 17.1 Å². The highest BCUT2D eigenvalue weighted by molar-refractivity contribution is 5.93. The molecule has 2 amide bonds. The van der Waals surface area contributed by atoms with Crippen LogP contribution < -0.4 is 5.32 Å². The molecule has 34 heavy (non-hydrogen) atoms. The van der Waals surface area contributed by atoms with Crippen molar-refractivity contribution in [1.82, 2.24) is 19.8 Å². The second kappa shape index (κ2) is 10.4. The van der Waals surface area contributed by atoms with Gasteiger partial charge >= 0.3 is 6.09 Å². The Labute approximate surface area is 201 Å². The Morgan fingerprint density at radius 3 is 2.41 bits per heavy atom. The third kappa shape index (κ3) is 6.24. The van der Waals surface area contributed by atoms with E-state index >= 15 is 0 Å². The van der Waals surface area contributed by atoms with Crippen molar-refractivity contribution in [3.63, 3.8) is 0 Å². The monoisotopic (exact) mass is 465 g/mol. The first-order valence-electron chi connectivity index (χ1n) is 12.3. The van der Waals surface area contributed by atoms with E-state index in [1.54, 1.807) is 22.1 Å². The van der Waals surface area contributed by atoms with Crippen LogP contribution in [0.1, 0.15) is 63.4 Å². The Balaban J connectivity index is 1.39. The van der Waals surface area contributed by atoms with Gasteiger partial charge in [-0.2, -0.15) is 0 Å². The third-order valence-electron chi connectivity index (χ3n) is 6.20. The molecule has 1 aliphatic heterocycles. The van der Waals surface area contributed by atoms with Gasteiger partial charge in [-0.15, -0.1) is 0 Å². The zero-order chi connectivity index (χ0) is 24.1. The van der Waals surface area contributed by atoms with Gasteiger partial charge in [-0.25, -0.2) is 14.8 Å². The molecule has 2 aromatic heterocycles. The SMILES string of the molecule is CC(C)(C)OC(=O)N1CCN(C(=O)c2cccc(-c3ccnc(NC4CCCCC4)c3)n2)CC1. The largest absolute Gasteiger partial charge is 0.444 e. The van der Waals surface area contributed by atoms with Crippen LogP contribution in [-0.2, 0) is 4.74 Å². The van der Waals surface area contributed by atoms with E-state index in [0.29, 0.717) is 37.9 Å². The zero-order valence-electron chi connectivity index (χ0n) is 20.4. The number of pyridine rings is 2. The minimum atomic E-state index is -0.535. The van der Waals surface area contributed by atoms with Gasteiger partial charge in [0.1, 0.15) is 17.1 Å². The minimum absolute atomic E-state index is 0.125. The molecule has 1 N–H and O–H groups in total. The van der Waals surface area contributed by atoms with Gasteiger partial charge in [0.25, 0.3) is 5.91 Å². The van der Waals surface area contributed by atoms with Gasteiger partial charge in [0, 0.05) is 44.0 Å². The first-order chi connectivity index (χ1) is 16.3. The fraction of sp³-hybridized carbons (Fsp3) is 0.538. The molecule has 8 nitrogen and oxygen atoms in total. The Bertz CT molecular complexity index is 1010. The van der Waals surface area contributed by atoms with Gasteiger partial charge in [-0.1, -0.05) is 25.3 Å². The summed E-state index contributed by atoms with van der Waals surface area (Å²) in [6, 6.07) is 9.91. The van der Waals surface area contributed by atoms with Gasteiger partial charge in [0.2, 0.25) is 0 Å². The molecule has 2 aromatic rings. The molecule has 3 heterocycles. The first-order valence-corrected chi connectivity index (χ1v) is 12.3. The van der Waals surface area contributed by atoms with E-state index in [-0.39, 0.29) is 12.0 Å². The fourth-order valence-corrected chi connectivity index (χ4v) is 4.42. The van der Waals surface area contributed by atoms with E-state index in [2.05, 4.69) is 15.3 Å². The predicted molar refractivity (Wildman–Crippen MR) is 132 cm³/mol. The molecule has 0 radical (unpaired) electrons. The van der Waals surface area contributed by atoms with Crippen molar-refractivity contribution < 1.29 is 14.3 Å². The van der Waals surface area contributed by atoms with Crippen LogP contribution in [0.2, 0.25) is 0 Å². The van der Waals surface area contributed by atoms with E-state index < -0.39 is 5.60 Å². The summed E-state index contributed by atoms with van der Waals surface area (Å²) >= 11 is 0. The first kappa shape index (κ1) is 24.0. The maximum atomic E-state index is 13.1. The number of nitrogens with one attached hydrogen (secondary N) is 1. The van der Waals surface area contributed by atoms with Crippen molar-refractivity contribution in [2.75, 3.05) is 31.5 Å². The molecule has 0 unspecified atom stereocenters. The molecule has 1 saturated carbocycles. The number of hydrogen-bond acceptors (Lipinski definition) is 6. The smallest absolute Gasteiger partial charge is 0.410 e. The quantitative estimate of drug-likeness (QED) is 0.711. The number of anilines is 1. The van der Waals surface area contributed by atoms with E-state index in [1.165, 1.54) is 32.1 Å². The van der Waals surface area contributed by atoms with Crippen molar-refractivity contribution in [1.29, 1.82) is 0 Å². The highest BCUT2D eigenvalue weighted by atomic mass is 16.6. The maximum absolute atomic E-state index is 13.1. The summed E-state index contributed by atoms with van der Waals surface area (Å²) < 4.78 is 5.44. The maximum Gasteiger partial charge on any atom is 0.410 e. The normalized spacial score (nSPS) is 17.4. The Morgan fingerprint density at radius 2 is 1.71 bits per heavy atom. The summed E-state index contributed by atoms with van der Waals surface area (Å²) in [6.07, 6.45) is 7.63. The lowest BCUT2D eigenvalue weighted by Gasteiger charge is -2.35. The van der Waals surface area contributed by atoms with Crippen LogP contribution >= 0.6 is 0 Å². The number of ether oxygens (including phenoxy) is 1. The van der Waals surface area contributed by atoms with Crippen molar-refractivity contribution in [2.45, 2.75) is 64.5 Å². The summed E-state index contributed by atoms with van der Waals surface area (Å²) in [5.41, 5.74) is 1.54. The van der Waals surface area contributed by atoms with Gasteiger partial charge < -0.3 is 19.9 Å². The summed E-state index contributed by atoms with van der Waals surface area (Å²) in [4.78, 5) is 37.9. The predicted octanol–water partition coefficient (Wildman–Crippen LogP) is 4.58. The highest BCUT2D eigenvalue weighted by Gasteiger charge is 2.28.